The Morgan fingerprint density at radius 3 is 2.86 bits per heavy atom. The Hall–Kier alpha value is -2.57. The molecule has 3 rings (SSSR count). The number of nitrogens with zero attached hydrogens (tertiary/aromatic N) is 2. The lowest BCUT2D eigenvalue weighted by molar-refractivity contribution is -0.141. The fraction of sp³-hybridized carbons (Fsp3) is 0.357. The first-order valence-electron chi connectivity index (χ1n) is 6.71. The quantitative estimate of drug-likeness (QED) is 0.844. The van der Waals surface area contributed by atoms with Gasteiger partial charge in [0, 0.05) is 19.2 Å². The number of aromatic amines is 1. The van der Waals surface area contributed by atoms with Gasteiger partial charge in [-0.1, -0.05) is 0 Å². The van der Waals surface area contributed by atoms with Crippen molar-refractivity contribution in [3.05, 3.63) is 34.2 Å². The van der Waals surface area contributed by atoms with Crippen LogP contribution in [0.4, 0.5) is 0 Å². The lowest BCUT2D eigenvalue weighted by atomic mass is 10.1. The van der Waals surface area contributed by atoms with Crippen LogP contribution in [0.1, 0.15) is 23.2 Å². The van der Waals surface area contributed by atoms with Gasteiger partial charge in [0.2, 0.25) is 0 Å². The Kier molecular flexibility index (Phi) is 3.04. The molecule has 0 radical (unpaired) electrons. The molecule has 1 aliphatic rings. The third-order valence-electron chi connectivity index (χ3n) is 3.95. The Bertz CT molecular complexity index is 789. The van der Waals surface area contributed by atoms with Crippen molar-refractivity contribution < 1.29 is 14.7 Å². The molecule has 2 heterocycles. The summed E-state index contributed by atoms with van der Waals surface area (Å²) in [6, 6.07) is 4.14. The molecule has 7 nitrogen and oxygen atoms in total. The van der Waals surface area contributed by atoms with Crippen molar-refractivity contribution in [2.45, 2.75) is 18.9 Å². The second-order valence-corrected chi connectivity index (χ2v) is 5.22. The SMILES string of the molecule is Cn1c(=O)[nH]c2cc(C(=O)N3CCCC3C(=O)O)ccc21. The van der Waals surface area contributed by atoms with Crippen LogP contribution in [0.2, 0.25) is 0 Å². The molecule has 7 heteroatoms. The van der Waals surface area contributed by atoms with Crippen molar-refractivity contribution in [2.75, 3.05) is 6.54 Å². The molecule has 110 valence electrons. The van der Waals surface area contributed by atoms with Crippen LogP contribution in [0.3, 0.4) is 0 Å². The van der Waals surface area contributed by atoms with E-state index in [1.165, 1.54) is 9.47 Å². The minimum atomic E-state index is -0.977. The first-order chi connectivity index (χ1) is 9.99. The molecular formula is C14H15N3O4. The minimum Gasteiger partial charge on any atom is -0.480 e. The van der Waals surface area contributed by atoms with Crippen LogP contribution >= 0.6 is 0 Å². The number of likely N-dealkylation sites (tertiary alicyclic amines) is 1. The summed E-state index contributed by atoms with van der Waals surface area (Å²) in [6.45, 7) is 0.444. The Balaban J connectivity index is 1.98. The third-order valence-corrected chi connectivity index (χ3v) is 3.95. The number of rotatable bonds is 2. The molecule has 1 atom stereocenters. The number of aromatic nitrogens is 2. The fourth-order valence-electron chi connectivity index (χ4n) is 2.80. The van der Waals surface area contributed by atoms with Crippen LogP contribution in [0.15, 0.2) is 23.0 Å². The molecule has 1 saturated heterocycles. The highest BCUT2D eigenvalue weighted by molar-refractivity contribution is 5.99. The normalized spacial score (nSPS) is 18.3. The highest BCUT2D eigenvalue weighted by Crippen LogP contribution is 2.21. The summed E-state index contributed by atoms with van der Waals surface area (Å²) in [5, 5.41) is 9.15. The molecule has 0 spiro atoms. The predicted octanol–water partition coefficient (Wildman–Crippen LogP) is 0.556. The molecule has 21 heavy (non-hydrogen) atoms. The molecule has 2 aromatic rings. The van der Waals surface area contributed by atoms with Crippen LogP contribution < -0.4 is 5.69 Å². The first-order valence-corrected chi connectivity index (χ1v) is 6.71. The molecular weight excluding hydrogens is 274 g/mol. The summed E-state index contributed by atoms with van der Waals surface area (Å²) in [7, 11) is 1.64. The number of imidazole rings is 1. The number of aryl methyl sites for hydroxylation is 1. The number of hydrogen-bond acceptors (Lipinski definition) is 3. The van der Waals surface area contributed by atoms with E-state index < -0.39 is 12.0 Å². The van der Waals surface area contributed by atoms with E-state index in [1.54, 1.807) is 25.2 Å². The molecule has 1 amide bonds. The number of benzene rings is 1. The van der Waals surface area contributed by atoms with Crippen molar-refractivity contribution >= 4 is 22.9 Å². The molecule has 0 saturated carbocycles. The summed E-state index contributed by atoms with van der Waals surface area (Å²) in [6.07, 6.45) is 1.17. The van der Waals surface area contributed by atoms with Gasteiger partial charge >= 0.3 is 11.7 Å². The van der Waals surface area contributed by atoms with Crippen LogP contribution in [-0.4, -0.2) is 44.0 Å². The zero-order valence-electron chi connectivity index (χ0n) is 11.5. The molecule has 0 aliphatic carbocycles. The summed E-state index contributed by atoms with van der Waals surface area (Å²) in [5.41, 5.74) is 1.41. The van der Waals surface area contributed by atoms with Gasteiger partial charge in [-0.05, 0) is 31.0 Å². The highest BCUT2D eigenvalue weighted by atomic mass is 16.4. The highest BCUT2D eigenvalue weighted by Gasteiger charge is 2.34. The number of H-pyrrole nitrogens is 1. The molecule has 1 unspecified atom stereocenters. The monoisotopic (exact) mass is 289 g/mol. The largest absolute Gasteiger partial charge is 0.480 e. The number of fused-ring (bicyclic) bond motifs is 1. The number of nitrogens with one attached hydrogen (secondary N) is 1. The van der Waals surface area contributed by atoms with Gasteiger partial charge in [0.25, 0.3) is 5.91 Å². The Labute approximate surface area is 119 Å². The van der Waals surface area contributed by atoms with Gasteiger partial charge in [-0.2, -0.15) is 0 Å². The van der Waals surface area contributed by atoms with Crippen molar-refractivity contribution in [3.8, 4) is 0 Å². The number of aliphatic carboxylic acids is 1. The van der Waals surface area contributed by atoms with E-state index >= 15 is 0 Å². The van der Waals surface area contributed by atoms with Gasteiger partial charge in [-0.15, -0.1) is 0 Å². The first kappa shape index (κ1) is 13.4. The van der Waals surface area contributed by atoms with Crippen molar-refractivity contribution in [1.29, 1.82) is 0 Å². The summed E-state index contributed by atoms with van der Waals surface area (Å²) >= 11 is 0. The maximum atomic E-state index is 12.5. The zero-order chi connectivity index (χ0) is 15.1. The van der Waals surface area contributed by atoms with Gasteiger partial charge < -0.3 is 15.0 Å². The van der Waals surface area contributed by atoms with Gasteiger partial charge in [0.15, 0.2) is 0 Å². The molecule has 1 aromatic heterocycles. The van der Waals surface area contributed by atoms with E-state index in [0.717, 1.165) is 0 Å². The summed E-state index contributed by atoms with van der Waals surface area (Å²) < 4.78 is 1.46. The summed E-state index contributed by atoms with van der Waals surface area (Å²) in [4.78, 5) is 39.2. The van der Waals surface area contributed by atoms with E-state index in [-0.39, 0.29) is 11.6 Å². The van der Waals surface area contributed by atoms with Crippen molar-refractivity contribution in [2.24, 2.45) is 7.05 Å². The number of amides is 1. The Morgan fingerprint density at radius 2 is 2.14 bits per heavy atom. The average molecular weight is 289 g/mol. The lowest BCUT2D eigenvalue weighted by Crippen LogP contribution is -2.40. The Morgan fingerprint density at radius 1 is 1.38 bits per heavy atom. The second kappa shape index (κ2) is 4.76. The smallest absolute Gasteiger partial charge is 0.326 e. The second-order valence-electron chi connectivity index (χ2n) is 5.22. The maximum absolute atomic E-state index is 12.5. The topological polar surface area (TPSA) is 95.4 Å². The van der Waals surface area contributed by atoms with Gasteiger partial charge in [-0.25, -0.2) is 9.59 Å². The maximum Gasteiger partial charge on any atom is 0.326 e. The van der Waals surface area contributed by atoms with Crippen LogP contribution in [0, 0.1) is 0 Å². The molecule has 1 fully saturated rings. The van der Waals surface area contributed by atoms with E-state index in [2.05, 4.69) is 4.98 Å². The van der Waals surface area contributed by atoms with E-state index in [1.807, 2.05) is 0 Å². The number of carbonyl (C=O) groups excluding carboxylic acids is 1. The van der Waals surface area contributed by atoms with Gasteiger partial charge in [-0.3, -0.25) is 9.36 Å². The number of carboxylic acids is 1. The molecule has 1 aromatic carbocycles. The van der Waals surface area contributed by atoms with Crippen LogP contribution in [-0.2, 0) is 11.8 Å². The standard InChI is InChI=1S/C14H15N3O4/c1-16-10-5-4-8(7-9(10)15-14(16)21)12(18)17-6-2-3-11(17)13(19)20/h4-5,7,11H,2-3,6H2,1H3,(H,15,21)(H,19,20). The van der Waals surface area contributed by atoms with E-state index in [9.17, 15) is 14.4 Å². The molecule has 2 N–H and O–H groups in total. The summed E-state index contributed by atoms with van der Waals surface area (Å²) in [5.74, 6) is -1.29. The van der Waals surface area contributed by atoms with Crippen LogP contribution in [0.25, 0.3) is 11.0 Å². The fourth-order valence-corrected chi connectivity index (χ4v) is 2.80. The predicted molar refractivity (Wildman–Crippen MR) is 75.2 cm³/mol. The van der Waals surface area contributed by atoms with Crippen molar-refractivity contribution in [1.82, 2.24) is 14.5 Å². The lowest BCUT2D eigenvalue weighted by Gasteiger charge is -2.21. The van der Waals surface area contributed by atoms with Gasteiger partial charge in [0.05, 0.1) is 11.0 Å². The van der Waals surface area contributed by atoms with E-state index in [0.29, 0.717) is 36.0 Å². The van der Waals surface area contributed by atoms with Crippen molar-refractivity contribution in [3.63, 3.8) is 0 Å². The number of hydrogen-bond donors (Lipinski definition) is 2. The number of carboxylic acid groups (broad SMARTS) is 1. The number of carbonyl (C=O) groups is 2. The molecule has 1 aliphatic heterocycles. The zero-order valence-corrected chi connectivity index (χ0v) is 11.5. The third kappa shape index (κ3) is 2.10. The molecule has 0 bridgehead atoms. The van der Waals surface area contributed by atoms with E-state index in [4.69, 9.17) is 5.11 Å². The van der Waals surface area contributed by atoms with Crippen LogP contribution in [0.5, 0.6) is 0 Å². The minimum absolute atomic E-state index is 0.251. The average Bonchev–Trinajstić information content (AvgIpc) is 3.04. The van der Waals surface area contributed by atoms with Gasteiger partial charge in [0.1, 0.15) is 6.04 Å².